The summed E-state index contributed by atoms with van der Waals surface area (Å²) in [7, 11) is 1.68. The number of pyridine rings is 1. The van der Waals surface area contributed by atoms with Crippen molar-refractivity contribution in [1.82, 2.24) is 4.98 Å². The highest BCUT2D eigenvalue weighted by Gasteiger charge is 2.26. The van der Waals surface area contributed by atoms with Crippen LogP contribution in [0.1, 0.15) is 11.3 Å². The van der Waals surface area contributed by atoms with E-state index in [1.807, 2.05) is 24.3 Å². The predicted molar refractivity (Wildman–Crippen MR) is 124 cm³/mol. The number of methoxy groups -OCH3 is 1. The second-order valence-corrected chi connectivity index (χ2v) is 7.36. The molecule has 6 heteroatoms. The van der Waals surface area contributed by atoms with Crippen LogP contribution >= 0.6 is 12.4 Å². The van der Waals surface area contributed by atoms with Gasteiger partial charge in [-0.3, -0.25) is 4.98 Å². The number of hydrogen-bond donors (Lipinski definition) is 0. The van der Waals surface area contributed by atoms with E-state index in [9.17, 15) is 4.39 Å². The predicted octanol–water partition coefficient (Wildman–Crippen LogP) is 6.60. The number of hydrogen-bond acceptors (Lipinski definition) is 4. The summed E-state index contributed by atoms with van der Waals surface area (Å²) in [6.45, 7) is 2.97. The number of fused-ring (bicyclic) bond motifs is 3. The molecule has 4 nitrogen and oxygen atoms in total. The molecule has 0 N–H and O–H groups in total. The van der Waals surface area contributed by atoms with Crippen molar-refractivity contribution in [2.24, 2.45) is 0 Å². The van der Waals surface area contributed by atoms with Crippen molar-refractivity contribution >= 4 is 34.7 Å². The Kier molecular flexibility index (Phi) is 5.70. The third-order valence-corrected chi connectivity index (χ3v) is 5.52. The zero-order valence-corrected chi connectivity index (χ0v) is 18.1. The van der Waals surface area contributed by atoms with Crippen molar-refractivity contribution in [2.45, 2.75) is 13.3 Å². The SMILES string of the molecule is COc1ccc2nc(C)c3c(c2c1)N(c1ccc(Oc2ccc(F)cc2)cc1)CC3.Cl. The molecule has 158 valence electrons. The molecule has 5 rings (SSSR count). The van der Waals surface area contributed by atoms with Gasteiger partial charge in [0.15, 0.2) is 0 Å². The number of nitrogens with zero attached hydrogens (tertiary/aromatic N) is 2. The maximum absolute atomic E-state index is 13.1. The van der Waals surface area contributed by atoms with Gasteiger partial charge in [-0.1, -0.05) is 0 Å². The Morgan fingerprint density at radius 3 is 2.23 bits per heavy atom. The van der Waals surface area contributed by atoms with Crippen molar-refractivity contribution in [3.8, 4) is 17.2 Å². The van der Waals surface area contributed by atoms with Gasteiger partial charge in [-0.15, -0.1) is 12.4 Å². The van der Waals surface area contributed by atoms with E-state index in [1.54, 1.807) is 19.2 Å². The van der Waals surface area contributed by atoms with E-state index in [1.165, 1.54) is 23.4 Å². The van der Waals surface area contributed by atoms with Gasteiger partial charge in [-0.25, -0.2) is 4.39 Å². The van der Waals surface area contributed by atoms with Crippen LogP contribution in [0.4, 0.5) is 15.8 Å². The van der Waals surface area contributed by atoms with Gasteiger partial charge in [0.1, 0.15) is 23.1 Å². The van der Waals surface area contributed by atoms with E-state index in [0.29, 0.717) is 11.5 Å². The molecule has 1 aromatic heterocycles. The zero-order valence-electron chi connectivity index (χ0n) is 17.3. The Hall–Kier alpha value is -3.31. The lowest BCUT2D eigenvalue weighted by atomic mass is 10.1. The average Bonchev–Trinajstić information content (AvgIpc) is 3.22. The summed E-state index contributed by atoms with van der Waals surface area (Å²) in [6.07, 6.45) is 0.954. The molecular weight excluding hydrogens is 415 g/mol. The average molecular weight is 437 g/mol. The van der Waals surface area contributed by atoms with Crippen molar-refractivity contribution in [3.05, 3.63) is 83.8 Å². The van der Waals surface area contributed by atoms with Crippen LogP contribution in [0.15, 0.2) is 66.7 Å². The topological polar surface area (TPSA) is 34.6 Å². The first-order chi connectivity index (χ1) is 14.6. The first kappa shape index (κ1) is 20.9. The van der Waals surface area contributed by atoms with Crippen LogP contribution < -0.4 is 14.4 Å². The summed E-state index contributed by atoms with van der Waals surface area (Å²) in [4.78, 5) is 7.12. The molecule has 0 spiro atoms. The monoisotopic (exact) mass is 436 g/mol. The van der Waals surface area contributed by atoms with E-state index in [4.69, 9.17) is 14.5 Å². The summed E-state index contributed by atoms with van der Waals surface area (Å²) in [5.74, 6) is 1.86. The fraction of sp³-hybridized carbons (Fsp3) is 0.160. The largest absolute Gasteiger partial charge is 0.497 e. The highest BCUT2D eigenvalue weighted by molar-refractivity contribution is 5.98. The van der Waals surface area contributed by atoms with Crippen LogP contribution in [0, 0.1) is 12.7 Å². The standard InChI is InChI=1S/C25H21FN2O2.ClH/c1-16-22-13-14-28(25(22)23-15-21(29-2)11-12-24(23)27-16)18-5-9-20(10-6-18)30-19-7-3-17(26)4-8-19;/h3-12,15H,13-14H2,1-2H3;1H. The lowest BCUT2D eigenvalue weighted by molar-refractivity contribution is 0.415. The third kappa shape index (κ3) is 3.89. The molecule has 2 heterocycles. The van der Waals surface area contributed by atoms with Gasteiger partial charge in [0, 0.05) is 23.3 Å². The second-order valence-electron chi connectivity index (χ2n) is 7.36. The van der Waals surface area contributed by atoms with Gasteiger partial charge in [-0.05, 0) is 85.6 Å². The fourth-order valence-corrected chi connectivity index (χ4v) is 4.05. The molecule has 1 aliphatic rings. The Labute approximate surface area is 186 Å². The quantitative estimate of drug-likeness (QED) is 0.361. The normalized spacial score (nSPS) is 12.4. The molecule has 0 radical (unpaired) electrons. The molecule has 0 saturated heterocycles. The van der Waals surface area contributed by atoms with Gasteiger partial charge in [0.05, 0.1) is 18.3 Å². The summed E-state index contributed by atoms with van der Waals surface area (Å²) in [5.41, 5.74) is 5.61. The van der Waals surface area contributed by atoms with E-state index in [-0.39, 0.29) is 18.2 Å². The summed E-state index contributed by atoms with van der Waals surface area (Å²) in [6, 6.07) is 20.0. The number of benzene rings is 3. The lowest BCUT2D eigenvalue weighted by Crippen LogP contribution is -2.13. The molecule has 0 saturated carbocycles. The molecule has 1 aliphatic heterocycles. The number of halogens is 2. The Morgan fingerprint density at radius 2 is 1.55 bits per heavy atom. The third-order valence-electron chi connectivity index (χ3n) is 5.52. The number of aryl methyl sites for hydroxylation is 1. The van der Waals surface area contributed by atoms with Crippen molar-refractivity contribution in [1.29, 1.82) is 0 Å². The second kappa shape index (κ2) is 8.44. The Bertz CT molecular complexity index is 1230. The van der Waals surface area contributed by atoms with Crippen LogP contribution in [0.5, 0.6) is 17.2 Å². The molecule has 3 aromatic carbocycles. The number of rotatable bonds is 4. The van der Waals surface area contributed by atoms with Crippen LogP contribution in [-0.4, -0.2) is 18.6 Å². The van der Waals surface area contributed by atoms with Gasteiger partial charge >= 0.3 is 0 Å². The Balaban J connectivity index is 0.00000231. The minimum absolute atomic E-state index is 0. The van der Waals surface area contributed by atoms with Gasteiger partial charge < -0.3 is 14.4 Å². The molecule has 4 aromatic rings. The lowest BCUT2D eigenvalue weighted by Gasteiger charge is -2.22. The molecule has 0 bridgehead atoms. The van der Waals surface area contributed by atoms with Gasteiger partial charge in [0.25, 0.3) is 0 Å². The highest BCUT2D eigenvalue weighted by Crippen LogP contribution is 2.42. The van der Waals surface area contributed by atoms with Crippen molar-refractivity contribution < 1.29 is 13.9 Å². The van der Waals surface area contributed by atoms with Crippen LogP contribution in [0.25, 0.3) is 10.9 Å². The molecule has 31 heavy (non-hydrogen) atoms. The number of anilines is 2. The fourth-order valence-electron chi connectivity index (χ4n) is 4.05. The zero-order chi connectivity index (χ0) is 20.7. The smallest absolute Gasteiger partial charge is 0.127 e. The first-order valence-electron chi connectivity index (χ1n) is 9.90. The van der Waals surface area contributed by atoms with Crippen LogP contribution in [-0.2, 0) is 6.42 Å². The van der Waals surface area contributed by atoms with Crippen molar-refractivity contribution in [3.63, 3.8) is 0 Å². The molecule has 0 aliphatic carbocycles. The minimum Gasteiger partial charge on any atom is -0.497 e. The molecule has 0 amide bonds. The van der Waals surface area contributed by atoms with E-state index < -0.39 is 0 Å². The molecule has 0 unspecified atom stereocenters. The van der Waals surface area contributed by atoms with Crippen molar-refractivity contribution in [2.75, 3.05) is 18.6 Å². The molecule has 0 atom stereocenters. The summed E-state index contributed by atoms with van der Waals surface area (Å²) < 4.78 is 24.4. The summed E-state index contributed by atoms with van der Waals surface area (Å²) in [5, 5.41) is 1.10. The Morgan fingerprint density at radius 1 is 0.903 bits per heavy atom. The van der Waals surface area contributed by atoms with E-state index >= 15 is 0 Å². The van der Waals surface area contributed by atoms with E-state index in [2.05, 4.69) is 30.0 Å². The van der Waals surface area contributed by atoms with Gasteiger partial charge in [0.2, 0.25) is 0 Å². The summed E-state index contributed by atoms with van der Waals surface area (Å²) >= 11 is 0. The highest BCUT2D eigenvalue weighted by atomic mass is 35.5. The first-order valence-corrected chi connectivity index (χ1v) is 9.90. The maximum Gasteiger partial charge on any atom is 0.127 e. The minimum atomic E-state index is -0.279. The van der Waals surface area contributed by atoms with Crippen LogP contribution in [0.3, 0.4) is 0 Å². The van der Waals surface area contributed by atoms with Crippen LogP contribution in [0.2, 0.25) is 0 Å². The van der Waals surface area contributed by atoms with E-state index in [0.717, 1.165) is 41.0 Å². The maximum atomic E-state index is 13.1. The molecule has 0 fully saturated rings. The number of ether oxygens (including phenoxy) is 2. The van der Waals surface area contributed by atoms with Gasteiger partial charge in [-0.2, -0.15) is 0 Å². The molecular formula is C25H22ClFN2O2. The number of aromatic nitrogens is 1.